The third-order valence-electron chi connectivity index (χ3n) is 4.10. The molecule has 0 unspecified atom stereocenters. The second kappa shape index (κ2) is 8.46. The van der Waals surface area contributed by atoms with Gasteiger partial charge in [-0.15, -0.1) is 10.2 Å². The summed E-state index contributed by atoms with van der Waals surface area (Å²) in [5.74, 6) is 4.06. The summed E-state index contributed by atoms with van der Waals surface area (Å²) < 4.78 is 5.38. The van der Waals surface area contributed by atoms with Gasteiger partial charge in [0, 0.05) is 30.8 Å². The maximum absolute atomic E-state index is 11.4. The topological polar surface area (TPSA) is 59.2 Å². The fourth-order valence-electron chi connectivity index (χ4n) is 2.19. The Balaban J connectivity index is 0.000000231. The summed E-state index contributed by atoms with van der Waals surface area (Å²) in [5, 5.41) is 7.84. The second-order valence-electron chi connectivity index (χ2n) is 7.69. The first-order chi connectivity index (χ1) is 10.6. The number of rotatable bonds is 4. The Morgan fingerprint density at radius 1 is 0.957 bits per heavy atom. The van der Waals surface area contributed by atoms with Gasteiger partial charge in [-0.25, -0.2) is 0 Å². The van der Waals surface area contributed by atoms with Crippen LogP contribution in [-0.4, -0.2) is 34.1 Å². The highest BCUT2D eigenvalue weighted by atomic mass is 16.4. The van der Waals surface area contributed by atoms with Gasteiger partial charge in [-0.1, -0.05) is 55.4 Å². The fourth-order valence-corrected chi connectivity index (χ4v) is 2.19. The van der Waals surface area contributed by atoms with E-state index in [2.05, 4.69) is 24.0 Å². The maximum Gasteiger partial charge on any atom is 0.225 e. The zero-order valence-electron chi connectivity index (χ0n) is 16.0. The number of likely N-dealkylation sites (tertiary alicyclic amines) is 1. The molecule has 1 amide bonds. The Morgan fingerprint density at radius 2 is 1.39 bits per heavy atom. The van der Waals surface area contributed by atoms with Crippen molar-refractivity contribution in [3.63, 3.8) is 0 Å². The molecule has 0 atom stereocenters. The van der Waals surface area contributed by atoms with E-state index in [0.717, 1.165) is 36.7 Å². The molecule has 0 radical (unpaired) electrons. The van der Waals surface area contributed by atoms with Gasteiger partial charge < -0.3 is 9.32 Å². The van der Waals surface area contributed by atoms with Crippen LogP contribution >= 0.6 is 0 Å². The zero-order valence-corrected chi connectivity index (χ0v) is 16.0. The van der Waals surface area contributed by atoms with Crippen molar-refractivity contribution in [1.29, 1.82) is 0 Å². The molecular formula is C18H33N3O2. The minimum Gasteiger partial charge on any atom is -0.425 e. The SMILES string of the molecule is CC(C)C(=O)N1CC(C(C)C)C1.CC(C)c1nnc(C(C)C)o1. The Bertz CT molecular complexity index is 464. The predicted octanol–water partition coefficient (Wildman–Crippen LogP) is 4.07. The van der Waals surface area contributed by atoms with Crippen molar-refractivity contribution >= 4 is 5.91 Å². The molecule has 2 rings (SSSR count). The van der Waals surface area contributed by atoms with Crippen LogP contribution in [0.15, 0.2) is 4.42 Å². The van der Waals surface area contributed by atoms with Gasteiger partial charge in [0.2, 0.25) is 17.7 Å². The van der Waals surface area contributed by atoms with E-state index in [0.29, 0.717) is 17.7 Å². The van der Waals surface area contributed by atoms with Crippen molar-refractivity contribution in [2.24, 2.45) is 17.8 Å². The Hall–Kier alpha value is -1.39. The molecule has 23 heavy (non-hydrogen) atoms. The predicted molar refractivity (Wildman–Crippen MR) is 92.2 cm³/mol. The van der Waals surface area contributed by atoms with Gasteiger partial charge in [0.25, 0.3) is 0 Å². The third kappa shape index (κ3) is 5.63. The minimum atomic E-state index is 0.165. The minimum absolute atomic E-state index is 0.165. The van der Waals surface area contributed by atoms with Crippen molar-refractivity contribution < 1.29 is 9.21 Å². The summed E-state index contributed by atoms with van der Waals surface area (Å²) in [6.07, 6.45) is 0. The van der Waals surface area contributed by atoms with E-state index in [-0.39, 0.29) is 5.92 Å². The molecule has 1 aromatic rings. The number of nitrogens with zero attached hydrogens (tertiary/aromatic N) is 3. The monoisotopic (exact) mass is 323 g/mol. The van der Waals surface area contributed by atoms with Gasteiger partial charge in [0.05, 0.1) is 0 Å². The highest BCUT2D eigenvalue weighted by Crippen LogP contribution is 2.24. The van der Waals surface area contributed by atoms with Crippen LogP contribution in [-0.2, 0) is 4.79 Å². The van der Waals surface area contributed by atoms with E-state index in [1.165, 1.54) is 0 Å². The van der Waals surface area contributed by atoms with Crippen molar-refractivity contribution in [1.82, 2.24) is 15.1 Å². The van der Waals surface area contributed by atoms with Crippen molar-refractivity contribution in [3.8, 4) is 0 Å². The number of aromatic nitrogens is 2. The van der Waals surface area contributed by atoms with Gasteiger partial charge in [-0.2, -0.15) is 0 Å². The highest BCUT2D eigenvalue weighted by Gasteiger charge is 2.33. The summed E-state index contributed by atoms with van der Waals surface area (Å²) in [7, 11) is 0. The van der Waals surface area contributed by atoms with E-state index < -0.39 is 0 Å². The number of carbonyl (C=O) groups is 1. The molecule has 5 nitrogen and oxygen atoms in total. The Kier molecular flexibility index (Phi) is 7.23. The van der Waals surface area contributed by atoms with Gasteiger partial charge in [-0.05, 0) is 11.8 Å². The van der Waals surface area contributed by atoms with E-state index in [9.17, 15) is 4.79 Å². The molecule has 0 N–H and O–H groups in total. The lowest BCUT2D eigenvalue weighted by Gasteiger charge is -2.42. The molecular weight excluding hydrogens is 290 g/mol. The van der Waals surface area contributed by atoms with E-state index in [1.54, 1.807) is 0 Å². The molecule has 1 saturated heterocycles. The van der Waals surface area contributed by atoms with Crippen molar-refractivity contribution in [3.05, 3.63) is 11.8 Å². The van der Waals surface area contributed by atoms with Gasteiger partial charge in [0.15, 0.2) is 0 Å². The Labute approximate surface area is 140 Å². The average Bonchev–Trinajstić information content (AvgIpc) is 2.86. The summed E-state index contributed by atoms with van der Waals surface area (Å²) in [4.78, 5) is 13.4. The second-order valence-corrected chi connectivity index (χ2v) is 7.69. The zero-order chi connectivity index (χ0) is 17.7. The third-order valence-corrected chi connectivity index (χ3v) is 4.10. The molecule has 2 heterocycles. The van der Waals surface area contributed by atoms with Crippen LogP contribution < -0.4 is 0 Å². The molecule has 0 bridgehead atoms. The molecule has 0 spiro atoms. The van der Waals surface area contributed by atoms with E-state index in [1.807, 2.05) is 46.4 Å². The molecule has 0 aromatic carbocycles. The fraction of sp³-hybridized carbons (Fsp3) is 0.833. The van der Waals surface area contributed by atoms with Gasteiger partial charge in [0.1, 0.15) is 0 Å². The van der Waals surface area contributed by atoms with Gasteiger partial charge >= 0.3 is 0 Å². The number of amides is 1. The van der Waals surface area contributed by atoms with Crippen LogP contribution in [0.25, 0.3) is 0 Å². The quantitative estimate of drug-likeness (QED) is 0.838. The molecule has 5 heteroatoms. The maximum atomic E-state index is 11.4. The summed E-state index contributed by atoms with van der Waals surface area (Å²) in [6.45, 7) is 18.5. The highest BCUT2D eigenvalue weighted by molar-refractivity contribution is 5.78. The summed E-state index contributed by atoms with van der Waals surface area (Å²) in [5.41, 5.74) is 0. The molecule has 0 aliphatic carbocycles. The lowest BCUT2D eigenvalue weighted by Crippen LogP contribution is -2.53. The molecule has 1 aliphatic heterocycles. The largest absolute Gasteiger partial charge is 0.425 e. The summed E-state index contributed by atoms with van der Waals surface area (Å²) >= 11 is 0. The molecule has 1 aromatic heterocycles. The molecule has 132 valence electrons. The first kappa shape index (κ1) is 19.7. The van der Waals surface area contributed by atoms with E-state index >= 15 is 0 Å². The van der Waals surface area contributed by atoms with E-state index in [4.69, 9.17) is 4.42 Å². The lowest BCUT2D eigenvalue weighted by molar-refractivity contribution is -0.141. The molecule has 1 fully saturated rings. The van der Waals surface area contributed by atoms with Crippen molar-refractivity contribution in [2.45, 2.75) is 67.2 Å². The van der Waals surface area contributed by atoms with Crippen molar-refractivity contribution in [2.75, 3.05) is 13.1 Å². The smallest absolute Gasteiger partial charge is 0.225 e. The van der Waals surface area contributed by atoms with Gasteiger partial charge in [-0.3, -0.25) is 4.79 Å². The van der Waals surface area contributed by atoms with Crippen LogP contribution in [0.4, 0.5) is 0 Å². The van der Waals surface area contributed by atoms with Crippen LogP contribution in [0.5, 0.6) is 0 Å². The first-order valence-corrected chi connectivity index (χ1v) is 8.75. The van der Waals surface area contributed by atoms with Crippen LogP contribution in [0, 0.1) is 17.8 Å². The Morgan fingerprint density at radius 3 is 1.65 bits per heavy atom. The summed E-state index contributed by atoms with van der Waals surface area (Å²) in [6, 6.07) is 0. The van der Waals surface area contributed by atoms with Crippen LogP contribution in [0.2, 0.25) is 0 Å². The number of hydrogen-bond donors (Lipinski definition) is 0. The number of carbonyl (C=O) groups excluding carboxylic acids is 1. The van der Waals surface area contributed by atoms with Crippen LogP contribution in [0.3, 0.4) is 0 Å². The normalized spacial score (nSPS) is 15.2. The number of hydrogen-bond acceptors (Lipinski definition) is 4. The molecule has 0 saturated carbocycles. The molecule has 1 aliphatic rings. The lowest BCUT2D eigenvalue weighted by atomic mass is 9.88. The van der Waals surface area contributed by atoms with Crippen LogP contribution in [0.1, 0.15) is 79.0 Å². The standard InChI is InChI=1S/C10H19NO.C8H14N2O/c1-7(2)9-5-11(6-9)10(12)8(3)4;1-5(2)7-9-10-8(11-7)6(3)4/h7-9H,5-6H2,1-4H3;5-6H,1-4H3. The first-order valence-electron chi connectivity index (χ1n) is 8.75. The average molecular weight is 323 g/mol.